The number of hydrogen-bond donors (Lipinski definition) is 1. The molecule has 0 bridgehead atoms. The van der Waals surface area contributed by atoms with Gasteiger partial charge in [0.05, 0.1) is 18.3 Å². The molecule has 136 valence electrons. The smallest absolute Gasteiger partial charge is 0.228 e. The Bertz CT molecular complexity index is 939. The quantitative estimate of drug-likeness (QED) is 0.729. The van der Waals surface area contributed by atoms with Gasteiger partial charge >= 0.3 is 0 Å². The average Bonchev–Trinajstić information content (AvgIpc) is 2.70. The van der Waals surface area contributed by atoms with Crippen molar-refractivity contribution in [1.29, 1.82) is 0 Å². The number of nitrogens with zero attached hydrogens (tertiary/aromatic N) is 2. The van der Waals surface area contributed by atoms with Crippen LogP contribution in [0.3, 0.4) is 0 Å². The Morgan fingerprint density at radius 2 is 1.81 bits per heavy atom. The van der Waals surface area contributed by atoms with Crippen LogP contribution in [0.25, 0.3) is 0 Å². The van der Waals surface area contributed by atoms with Gasteiger partial charge in [0.15, 0.2) is 0 Å². The number of anilines is 2. The van der Waals surface area contributed by atoms with Gasteiger partial charge in [0.1, 0.15) is 5.82 Å². The maximum atomic E-state index is 12.2. The predicted molar refractivity (Wildman–Crippen MR) is 109 cm³/mol. The Morgan fingerprint density at radius 3 is 2.56 bits per heavy atom. The summed E-state index contributed by atoms with van der Waals surface area (Å²) in [5.41, 5.74) is 4.40. The molecule has 1 aliphatic heterocycles. The van der Waals surface area contributed by atoms with Crippen molar-refractivity contribution in [2.45, 2.75) is 19.4 Å². The van der Waals surface area contributed by atoms with E-state index in [4.69, 9.17) is 11.6 Å². The highest BCUT2D eigenvalue weighted by Crippen LogP contribution is 2.23. The molecule has 0 fully saturated rings. The van der Waals surface area contributed by atoms with Crippen molar-refractivity contribution >= 4 is 29.0 Å². The number of hydrogen-bond acceptors (Lipinski definition) is 3. The van der Waals surface area contributed by atoms with E-state index in [1.54, 1.807) is 18.3 Å². The van der Waals surface area contributed by atoms with Crippen LogP contribution in [-0.2, 0) is 24.2 Å². The maximum Gasteiger partial charge on any atom is 0.228 e. The molecular weight excluding hydrogens is 358 g/mol. The second-order valence-electron chi connectivity index (χ2n) is 6.70. The number of carbonyl (C=O) groups excluding carboxylic acids is 1. The molecule has 1 amide bonds. The molecule has 5 heteroatoms. The number of aromatic nitrogens is 1. The summed E-state index contributed by atoms with van der Waals surface area (Å²) in [4.78, 5) is 19.0. The number of carbonyl (C=O) groups is 1. The van der Waals surface area contributed by atoms with Crippen LogP contribution in [0.5, 0.6) is 0 Å². The monoisotopic (exact) mass is 377 g/mol. The minimum Gasteiger partial charge on any atom is -0.352 e. The number of benzene rings is 2. The lowest BCUT2D eigenvalue weighted by Crippen LogP contribution is -2.30. The van der Waals surface area contributed by atoms with E-state index in [2.05, 4.69) is 39.5 Å². The summed E-state index contributed by atoms with van der Waals surface area (Å²) in [5, 5.41) is 3.56. The highest BCUT2D eigenvalue weighted by Gasteiger charge is 2.17. The van der Waals surface area contributed by atoms with Gasteiger partial charge in [-0.2, -0.15) is 0 Å². The summed E-state index contributed by atoms with van der Waals surface area (Å²) in [7, 11) is 0. The molecule has 1 N–H and O–H groups in total. The van der Waals surface area contributed by atoms with Crippen LogP contribution >= 0.6 is 11.6 Å². The van der Waals surface area contributed by atoms with Gasteiger partial charge < -0.3 is 10.2 Å². The van der Waals surface area contributed by atoms with Gasteiger partial charge in [0, 0.05) is 18.1 Å². The third-order valence-electron chi connectivity index (χ3n) is 4.76. The molecule has 0 spiro atoms. The molecule has 4 rings (SSSR count). The van der Waals surface area contributed by atoms with Crippen molar-refractivity contribution in [3.8, 4) is 0 Å². The Hall–Kier alpha value is -2.85. The van der Waals surface area contributed by atoms with Crippen molar-refractivity contribution in [3.63, 3.8) is 0 Å². The molecule has 3 aromatic rings. The minimum absolute atomic E-state index is 0.0706. The number of pyridine rings is 1. The van der Waals surface area contributed by atoms with E-state index >= 15 is 0 Å². The lowest BCUT2D eigenvalue weighted by Gasteiger charge is -2.29. The van der Waals surface area contributed by atoms with Gasteiger partial charge in [0.2, 0.25) is 5.91 Å². The van der Waals surface area contributed by atoms with Crippen LogP contribution in [0.1, 0.15) is 16.7 Å². The number of amides is 1. The lowest BCUT2D eigenvalue weighted by atomic mass is 10.00. The molecule has 0 radical (unpaired) electrons. The summed E-state index contributed by atoms with van der Waals surface area (Å²) in [5.74, 6) is 0.860. The van der Waals surface area contributed by atoms with Crippen molar-refractivity contribution in [2.24, 2.45) is 0 Å². The molecule has 27 heavy (non-hydrogen) atoms. The number of fused-ring (bicyclic) bond motifs is 1. The zero-order valence-corrected chi connectivity index (χ0v) is 15.6. The average molecular weight is 378 g/mol. The van der Waals surface area contributed by atoms with Crippen molar-refractivity contribution in [2.75, 3.05) is 16.8 Å². The van der Waals surface area contributed by atoms with Crippen LogP contribution in [0, 0.1) is 0 Å². The maximum absolute atomic E-state index is 12.2. The fourth-order valence-corrected chi connectivity index (χ4v) is 3.46. The predicted octanol–water partition coefficient (Wildman–Crippen LogP) is 4.48. The lowest BCUT2D eigenvalue weighted by molar-refractivity contribution is -0.115. The molecule has 0 aliphatic carbocycles. The Morgan fingerprint density at radius 1 is 1.04 bits per heavy atom. The molecule has 1 aliphatic rings. The summed E-state index contributed by atoms with van der Waals surface area (Å²) in [6.07, 6.45) is 3.05. The van der Waals surface area contributed by atoms with Crippen LogP contribution in [0.4, 0.5) is 11.5 Å². The Kier molecular flexibility index (Phi) is 5.07. The summed E-state index contributed by atoms with van der Waals surface area (Å²) < 4.78 is 0. The van der Waals surface area contributed by atoms with E-state index in [0.29, 0.717) is 17.1 Å². The zero-order valence-electron chi connectivity index (χ0n) is 14.9. The van der Waals surface area contributed by atoms with Gasteiger partial charge in [-0.1, -0.05) is 48.0 Å². The van der Waals surface area contributed by atoms with E-state index in [-0.39, 0.29) is 5.91 Å². The molecule has 0 saturated carbocycles. The van der Waals surface area contributed by atoms with Gasteiger partial charge in [-0.25, -0.2) is 4.98 Å². The largest absolute Gasteiger partial charge is 0.352 e. The number of rotatable bonds is 4. The highest BCUT2D eigenvalue weighted by atomic mass is 35.5. The molecule has 1 aromatic heterocycles. The summed E-state index contributed by atoms with van der Waals surface area (Å²) in [6, 6.07) is 19.7. The SMILES string of the molecule is O=C(Cc1ccc(Cl)cc1)Nc1ccc(N2CCc3ccccc3C2)nc1. The topological polar surface area (TPSA) is 45.2 Å². The standard InChI is InChI=1S/C22H20ClN3O/c23-19-7-5-16(6-8-19)13-22(27)25-20-9-10-21(24-14-20)26-12-11-17-3-1-2-4-18(17)15-26/h1-10,14H,11-13,15H2,(H,25,27). The van der Waals surface area contributed by atoms with Crippen LogP contribution < -0.4 is 10.2 Å². The van der Waals surface area contributed by atoms with Crippen LogP contribution in [-0.4, -0.2) is 17.4 Å². The zero-order chi connectivity index (χ0) is 18.6. The van der Waals surface area contributed by atoms with Crippen molar-refractivity contribution in [3.05, 3.63) is 88.6 Å². The summed E-state index contributed by atoms with van der Waals surface area (Å²) in [6.45, 7) is 1.82. The Labute approximate surface area is 163 Å². The first-order chi connectivity index (χ1) is 13.2. The second-order valence-corrected chi connectivity index (χ2v) is 7.13. The molecule has 2 heterocycles. The molecule has 2 aromatic carbocycles. The first-order valence-corrected chi connectivity index (χ1v) is 9.37. The van der Waals surface area contributed by atoms with Gasteiger partial charge in [-0.15, -0.1) is 0 Å². The van der Waals surface area contributed by atoms with Crippen LogP contribution in [0.15, 0.2) is 66.9 Å². The molecule has 0 unspecified atom stereocenters. The molecular formula is C22H20ClN3O. The van der Waals surface area contributed by atoms with Crippen molar-refractivity contribution < 1.29 is 4.79 Å². The van der Waals surface area contributed by atoms with E-state index in [1.165, 1.54) is 11.1 Å². The Balaban J connectivity index is 1.38. The molecule has 4 nitrogen and oxygen atoms in total. The molecule has 0 saturated heterocycles. The summed E-state index contributed by atoms with van der Waals surface area (Å²) >= 11 is 5.87. The van der Waals surface area contributed by atoms with E-state index < -0.39 is 0 Å². The van der Waals surface area contributed by atoms with E-state index in [1.807, 2.05) is 24.3 Å². The fourth-order valence-electron chi connectivity index (χ4n) is 3.33. The second kappa shape index (κ2) is 7.80. The van der Waals surface area contributed by atoms with E-state index in [9.17, 15) is 4.79 Å². The first-order valence-electron chi connectivity index (χ1n) is 8.99. The first kappa shape index (κ1) is 17.6. The molecule has 0 atom stereocenters. The third kappa shape index (κ3) is 4.29. The van der Waals surface area contributed by atoms with E-state index in [0.717, 1.165) is 30.9 Å². The van der Waals surface area contributed by atoms with Gasteiger partial charge in [-0.05, 0) is 47.4 Å². The van der Waals surface area contributed by atoms with Gasteiger partial charge in [0.25, 0.3) is 0 Å². The highest BCUT2D eigenvalue weighted by molar-refractivity contribution is 6.30. The minimum atomic E-state index is -0.0706. The fraction of sp³-hybridized carbons (Fsp3) is 0.182. The van der Waals surface area contributed by atoms with Gasteiger partial charge in [-0.3, -0.25) is 4.79 Å². The third-order valence-corrected chi connectivity index (χ3v) is 5.02. The normalized spacial score (nSPS) is 13.1. The van der Waals surface area contributed by atoms with Crippen molar-refractivity contribution in [1.82, 2.24) is 4.98 Å². The number of halogens is 1. The van der Waals surface area contributed by atoms with Crippen LogP contribution in [0.2, 0.25) is 5.02 Å². The number of nitrogens with one attached hydrogen (secondary N) is 1.